The van der Waals surface area contributed by atoms with Crippen LogP contribution in [0.5, 0.6) is 0 Å². The highest BCUT2D eigenvalue weighted by atomic mass is 16.6. The minimum absolute atomic E-state index is 0.127. The number of nitrogens with one attached hydrogen (secondary N) is 1. The zero-order valence-corrected chi connectivity index (χ0v) is 11.6. The molecule has 0 bridgehead atoms. The van der Waals surface area contributed by atoms with Crippen molar-refractivity contribution in [2.45, 2.75) is 6.92 Å². The van der Waals surface area contributed by atoms with Crippen molar-refractivity contribution in [3.8, 4) is 0 Å². The van der Waals surface area contributed by atoms with Gasteiger partial charge in [-0.25, -0.2) is 0 Å². The van der Waals surface area contributed by atoms with Gasteiger partial charge in [-0.05, 0) is 19.1 Å². The molecule has 0 aliphatic carbocycles. The molecule has 10 nitrogen and oxygen atoms in total. The van der Waals surface area contributed by atoms with Crippen LogP contribution in [0.4, 0.5) is 17.1 Å². The normalized spacial score (nSPS) is 10.3. The first-order chi connectivity index (χ1) is 10.3. The van der Waals surface area contributed by atoms with E-state index in [-0.39, 0.29) is 28.5 Å². The highest BCUT2D eigenvalue weighted by molar-refractivity contribution is 6.05. The summed E-state index contributed by atoms with van der Waals surface area (Å²) in [6.07, 6.45) is 0. The Morgan fingerprint density at radius 3 is 2.27 bits per heavy atom. The van der Waals surface area contributed by atoms with Gasteiger partial charge >= 0.3 is 5.69 Å². The molecule has 10 heteroatoms. The lowest BCUT2D eigenvalue weighted by molar-refractivity contribution is -0.385. The molecule has 1 aromatic carbocycles. The van der Waals surface area contributed by atoms with Crippen LogP contribution in [0.15, 0.2) is 24.3 Å². The summed E-state index contributed by atoms with van der Waals surface area (Å²) < 4.78 is 1.24. The van der Waals surface area contributed by atoms with E-state index in [1.807, 2.05) is 0 Å². The summed E-state index contributed by atoms with van der Waals surface area (Å²) in [5, 5.41) is 27.8. The summed E-state index contributed by atoms with van der Waals surface area (Å²) in [7, 11) is 1.49. The van der Waals surface area contributed by atoms with Crippen LogP contribution in [0, 0.1) is 27.2 Å². The molecule has 0 aliphatic rings. The topological polar surface area (TPSA) is 133 Å². The Morgan fingerprint density at radius 1 is 1.18 bits per heavy atom. The Balaban J connectivity index is 2.28. The van der Waals surface area contributed by atoms with Gasteiger partial charge in [0.2, 0.25) is 5.69 Å². The molecular weight excluding hydrogens is 294 g/mol. The van der Waals surface area contributed by atoms with Crippen LogP contribution in [0.2, 0.25) is 0 Å². The maximum Gasteiger partial charge on any atom is 0.322 e. The van der Waals surface area contributed by atoms with Crippen molar-refractivity contribution in [3.05, 3.63) is 55.9 Å². The summed E-state index contributed by atoms with van der Waals surface area (Å²) in [6, 6.07) is 5.09. The Kier molecular flexibility index (Phi) is 3.84. The van der Waals surface area contributed by atoms with Gasteiger partial charge in [0, 0.05) is 24.9 Å². The van der Waals surface area contributed by atoms with Crippen molar-refractivity contribution < 1.29 is 14.6 Å². The molecule has 2 aromatic rings. The summed E-state index contributed by atoms with van der Waals surface area (Å²) in [4.78, 5) is 32.4. The summed E-state index contributed by atoms with van der Waals surface area (Å²) in [6.45, 7) is 1.48. The number of nitrogens with zero attached hydrogens (tertiary/aromatic N) is 4. The van der Waals surface area contributed by atoms with E-state index >= 15 is 0 Å². The van der Waals surface area contributed by atoms with E-state index in [9.17, 15) is 25.0 Å². The maximum atomic E-state index is 12.1. The third-order valence-electron chi connectivity index (χ3n) is 3.04. The number of hydrogen-bond donors (Lipinski definition) is 1. The lowest BCUT2D eigenvalue weighted by Gasteiger charge is -2.02. The zero-order valence-electron chi connectivity index (χ0n) is 11.6. The molecule has 1 heterocycles. The lowest BCUT2D eigenvalue weighted by Crippen LogP contribution is -2.14. The van der Waals surface area contributed by atoms with Crippen LogP contribution < -0.4 is 5.32 Å². The molecule has 1 N–H and O–H groups in total. The van der Waals surface area contributed by atoms with Crippen molar-refractivity contribution in [1.29, 1.82) is 0 Å². The van der Waals surface area contributed by atoms with Gasteiger partial charge in [-0.1, -0.05) is 0 Å². The van der Waals surface area contributed by atoms with E-state index in [2.05, 4.69) is 10.4 Å². The largest absolute Gasteiger partial charge is 0.322 e. The number of carbonyl (C=O) groups excluding carboxylic acids is 1. The minimum Gasteiger partial charge on any atom is -0.320 e. The first-order valence-corrected chi connectivity index (χ1v) is 6.05. The predicted octanol–water partition coefficient (Wildman–Crippen LogP) is 1.80. The van der Waals surface area contributed by atoms with E-state index < -0.39 is 15.8 Å². The second-order valence-electron chi connectivity index (χ2n) is 4.42. The van der Waals surface area contributed by atoms with Crippen molar-refractivity contribution in [2.75, 3.05) is 5.32 Å². The summed E-state index contributed by atoms with van der Waals surface area (Å²) in [5.74, 6) is -0.760. The molecule has 1 aromatic heterocycles. The average molecular weight is 305 g/mol. The predicted molar refractivity (Wildman–Crippen MR) is 75.6 cm³/mol. The van der Waals surface area contributed by atoms with E-state index in [4.69, 9.17) is 0 Å². The second-order valence-corrected chi connectivity index (χ2v) is 4.42. The van der Waals surface area contributed by atoms with Gasteiger partial charge in [0.1, 0.15) is 5.69 Å². The van der Waals surface area contributed by atoms with E-state index in [0.29, 0.717) is 0 Å². The Morgan fingerprint density at radius 2 is 1.77 bits per heavy atom. The first kappa shape index (κ1) is 15.1. The molecule has 2 rings (SSSR count). The molecule has 0 saturated carbocycles. The Bertz CT molecular complexity index is 765. The number of anilines is 1. The van der Waals surface area contributed by atoms with Gasteiger partial charge in [0.15, 0.2) is 0 Å². The fourth-order valence-electron chi connectivity index (χ4n) is 1.83. The molecule has 22 heavy (non-hydrogen) atoms. The fraction of sp³-hybridized carbons (Fsp3) is 0.167. The number of benzene rings is 1. The van der Waals surface area contributed by atoms with Gasteiger partial charge in [-0.2, -0.15) is 5.10 Å². The highest BCUT2D eigenvalue weighted by Crippen LogP contribution is 2.23. The zero-order chi connectivity index (χ0) is 16.4. The number of nitro benzene ring substituents is 1. The van der Waals surface area contributed by atoms with Gasteiger partial charge in [0.05, 0.1) is 9.85 Å². The number of non-ortho nitro benzene ring substituents is 1. The molecule has 0 saturated heterocycles. The highest BCUT2D eigenvalue weighted by Gasteiger charge is 2.28. The lowest BCUT2D eigenvalue weighted by atomic mass is 10.2. The quantitative estimate of drug-likeness (QED) is 0.676. The SMILES string of the molecule is Cc1c([N+](=O)[O-])c(C(=O)Nc2ccc([N+](=O)[O-])cc2)nn1C. The monoisotopic (exact) mass is 305 g/mol. The number of amides is 1. The Labute approximate surface area is 123 Å². The third-order valence-corrected chi connectivity index (χ3v) is 3.04. The van der Waals surface area contributed by atoms with Crippen LogP contribution in [-0.2, 0) is 7.05 Å². The van der Waals surface area contributed by atoms with Gasteiger partial charge < -0.3 is 5.32 Å². The van der Waals surface area contributed by atoms with E-state index in [1.165, 1.54) is 42.9 Å². The molecule has 0 aliphatic heterocycles. The number of carbonyl (C=O) groups is 1. The van der Waals surface area contributed by atoms with Crippen LogP contribution >= 0.6 is 0 Å². The van der Waals surface area contributed by atoms with Crippen molar-refractivity contribution >= 4 is 23.0 Å². The number of hydrogen-bond acceptors (Lipinski definition) is 6. The van der Waals surface area contributed by atoms with Gasteiger partial charge in [-0.15, -0.1) is 0 Å². The van der Waals surface area contributed by atoms with Gasteiger partial charge in [-0.3, -0.25) is 29.7 Å². The van der Waals surface area contributed by atoms with Crippen LogP contribution in [0.25, 0.3) is 0 Å². The summed E-state index contributed by atoms with van der Waals surface area (Å²) in [5.41, 5.74) is -0.296. The van der Waals surface area contributed by atoms with Crippen molar-refractivity contribution in [2.24, 2.45) is 7.05 Å². The standard InChI is InChI=1S/C12H11N5O5/c1-7-11(17(21)22)10(14-15(7)2)12(18)13-8-3-5-9(6-4-8)16(19)20/h3-6H,1-2H3,(H,13,18). The molecule has 0 atom stereocenters. The molecular formula is C12H11N5O5. The molecule has 0 fully saturated rings. The molecule has 1 amide bonds. The average Bonchev–Trinajstić information content (AvgIpc) is 2.75. The maximum absolute atomic E-state index is 12.1. The van der Waals surface area contributed by atoms with Crippen LogP contribution in [-0.4, -0.2) is 25.5 Å². The Hall–Kier alpha value is -3.30. The smallest absolute Gasteiger partial charge is 0.320 e. The number of aryl methyl sites for hydroxylation is 1. The van der Waals surface area contributed by atoms with E-state index in [0.717, 1.165) is 0 Å². The molecule has 0 unspecified atom stereocenters. The molecule has 114 valence electrons. The molecule has 0 radical (unpaired) electrons. The summed E-state index contributed by atoms with van der Waals surface area (Å²) >= 11 is 0. The van der Waals surface area contributed by atoms with Gasteiger partial charge in [0.25, 0.3) is 11.6 Å². The van der Waals surface area contributed by atoms with Crippen LogP contribution in [0.3, 0.4) is 0 Å². The fourth-order valence-corrected chi connectivity index (χ4v) is 1.83. The number of aromatic nitrogens is 2. The van der Waals surface area contributed by atoms with Crippen molar-refractivity contribution in [1.82, 2.24) is 9.78 Å². The number of rotatable bonds is 4. The first-order valence-electron chi connectivity index (χ1n) is 6.05. The van der Waals surface area contributed by atoms with E-state index in [1.54, 1.807) is 0 Å². The number of nitro groups is 2. The minimum atomic E-state index is -0.760. The third kappa shape index (κ3) is 2.75. The second kappa shape index (κ2) is 5.60. The van der Waals surface area contributed by atoms with Crippen molar-refractivity contribution in [3.63, 3.8) is 0 Å². The molecule has 0 spiro atoms. The van der Waals surface area contributed by atoms with Crippen LogP contribution in [0.1, 0.15) is 16.2 Å².